The number of hydrogen-bond acceptors (Lipinski definition) is 2. The third-order valence-electron chi connectivity index (χ3n) is 5.68. The van der Waals surface area contributed by atoms with Crippen LogP contribution in [0.4, 0.5) is 4.39 Å². The highest BCUT2D eigenvalue weighted by atomic mass is 19.1. The summed E-state index contributed by atoms with van der Waals surface area (Å²) in [6.07, 6.45) is 5.88. The van der Waals surface area contributed by atoms with Gasteiger partial charge in [0.05, 0.1) is 5.41 Å². The van der Waals surface area contributed by atoms with Crippen molar-refractivity contribution in [3.63, 3.8) is 0 Å². The van der Waals surface area contributed by atoms with Crippen molar-refractivity contribution in [2.45, 2.75) is 50.4 Å². The van der Waals surface area contributed by atoms with Crippen molar-refractivity contribution in [1.29, 1.82) is 0 Å². The molecule has 4 nitrogen and oxygen atoms in total. The standard InChI is InChI=1S/C19H25FN2O2/c20-16-6-4-5-15(13-16)19(9-2-1-3-10-19)18(24)22-11-7-14(8-12-22)17(21)23/h4-6,13-14H,1-3,7-12H2,(H2,21,23). The number of nitrogens with two attached hydrogens (primary N) is 1. The van der Waals surface area contributed by atoms with Crippen LogP contribution in [-0.4, -0.2) is 29.8 Å². The highest BCUT2D eigenvalue weighted by Crippen LogP contribution is 2.41. The van der Waals surface area contributed by atoms with Gasteiger partial charge in [-0.2, -0.15) is 0 Å². The number of rotatable bonds is 3. The third kappa shape index (κ3) is 3.17. The van der Waals surface area contributed by atoms with E-state index in [1.807, 2.05) is 11.0 Å². The van der Waals surface area contributed by atoms with Crippen molar-refractivity contribution < 1.29 is 14.0 Å². The van der Waals surface area contributed by atoms with Crippen molar-refractivity contribution in [3.8, 4) is 0 Å². The van der Waals surface area contributed by atoms with E-state index in [9.17, 15) is 14.0 Å². The summed E-state index contributed by atoms with van der Waals surface area (Å²) in [5.74, 6) is -0.612. The molecular weight excluding hydrogens is 307 g/mol. The summed E-state index contributed by atoms with van der Waals surface area (Å²) >= 11 is 0. The van der Waals surface area contributed by atoms with Crippen molar-refractivity contribution >= 4 is 11.8 Å². The van der Waals surface area contributed by atoms with Crippen molar-refractivity contribution in [3.05, 3.63) is 35.6 Å². The zero-order valence-electron chi connectivity index (χ0n) is 14.0. The SMILES string of the molecule is NC(=O)C1CCN(C(=O)C2(c3cccc(F)c3)CCCCC2)CC1. The number of nitrogens with zero attached hydrogens (tertiary/aromatic N) is 1. The van der Waals surface area contributed by atoms with E-state index in [4.69, 9.17) is 5.73 Å². The Hall–Kier alpha value is -1.91. The maximum absolute atomic E-state index is 13.8. The summed E-state index contributed by atoms with van der Waals surface area (Å²) in [5, 5.41) is 0. The zero-order chi connectivity index (χ0) is 17.2. The number of benzene rings is 1. The van der Waals surface area contributed by atoms with Gasteiger partial charge in [-0.15, -0.1) is 0 Å². The van der Waals surface area contributed by atoms with Gasteiger partial charge in [-0.25, -0.2) is 4.39 Å². The second-order valence-electron chi connectivity index (χ2n) is 7.12. The minimum atomic E-state index is -0.611. The van der Waals surface area contributed by atoms with Crippen LogP contribution in [0.25, 0.3) is 0 Å². The van der Waals surface area contributed by atoms with Gasteiger partial charge in [0.2, 0.25) is 11.8 Å². The first-order chi connectivity index (χ1) is 11.5. The van der Waals surface area contributed by atoms with E-state index in [-0.39, 0.29) is 23.5 Å². The van der Waals surface area contributed by atoms with Gasteiger partial charge >= 0.3 is 0 Å². The molecule has 0 radical (unpaired) electrons. The molecule has 24 heavy (non-hydrogen) atoms. The lowest BCUT2D eigenvalue weighted by atomic mass is 9.68. The van der Waals surface area contributed by atoms with Crippen LogP contribution >= 0.6 is 0 Å². The third-order valence-corrected chi connectivity index (χ3v) is 5.68. The number of carbonyl (C=O) groups excluding carboxylic acids is 2. The molecule has 0 unspecified atom stereocenters. The fourth-order valence-corrected chi connectivity index (χ4v) is 4.24. The second-order valence-corrected chi connectivity index (χ2v) is 7.12. The quantitative estimate of drug-likeness (QED) is 0.925. The molecule has 2 N–H and O–H groups in total. The van der Waals surface area contributed by atoms with Crippen molar-refractivity contribution in [2.75, 3.05) is 13.1 Å². The van der Waals surface area contributed by atoms with Gasteiger partial charge in [-0.05, 0) is 43.4 Å². The number of halogens is 1. The largest absolute Gasteiger partial charge is 0.369 e. The van der Waals surface area contributed by atoms with E-state index >= 15 is 0 Å². The van der Waals surface area contributed by atoms with Crippen LogP contribution in [0.2, 0.25) is 0 Å². The number of amides is 2. The van der Waals surface area contributed by atoms with Crippen LogP contribution in [0.1, 0.15) is 50.5 Å². The molecule has 2 amide bonds. The molecule has 1 heterocycles. The monoisotopic (exact) mass is 332 g/mol. The highest BCUT2D eigenvalue weighted by molar-refractivity contribution is 5.89. The summed E-state index contributed by atoms with van der Waals surface area (Å²) in [6.45, 7) is 1.12. The topological polar surface area (TPSA) is 63.4 Å². The lowest BCUT2D eigenvalue weighted by Gasteiger charge is -2.42. The maximum atomic E-state index is 13.8. The Labute approximate surface area is 142 Å². The van der Waals surface area contributed by atoms with Crippen LogP contribution in [0.15, 0.2) is 24.3 Å². The second kappa shape index (κ2) is 6.91. The minimum absolute atomic E-state index is 0.0933. The molecule has 3 rings (SSSR count). The number of hydrogen-bond donors (Lipinski definition) is 1. The Bertz CT molecular complexity index is 618. The summed E-state index contributed by atoms with van der Waals surface area (Å²) < 4.78 is 13.8. The predicted octanol–water partition coefficient (Wildman–Crippen LogP) is 2.75. The smallest absolute Gasteiger partial charge is 0.233 e. The lowest BCUT2D eigenvalue weighted by molar-refractivity contribution is -0.141. The summed E-state index contributed by atoms with van der Waals surface area (Å²) in [4.78, 5) is 26.5. The Morgan fingerprint density at radius 1 is 1.12 bits per heavy atom. The van der Waals surface area contributed by atoms with E-state index in [0.717, 1.165) is 37.7 Å². The molecule has 2 aliphatic rings. The molecule has 0 bridgehead atoms. The van der Waals surface area contributed by atoms with Crippen LogP contribution in [0.3, 0.4) is 0 Å². The number of carbonyl (C=O) groups is 2. The van der Waals surface area contributed by atoms with Gasteiger partial charge in [0.15, 0.2) is 0 Å². The van der Waals surface area contributed by atoms with Gasteiger partial charge in [0.25, 0.3) is 0 Å². The van der Waals surface area contributed by atoms with E-state index in [1.165, 1.54) is 12.1 Å². The Kier molecular flexibility index (Phi) is 4.88. The van der Waals surface area contributed by atoms with E-state index in [1.54, 1.807) is 6.07 Å². The molecule has 2 fully saturated rings. The molecule has 0 aromatic heterocycles. The lowest BCUT2D eigenvalue weighted by Crippen LogP contribution is -2.51. The highest BCUT2D eigenvalue weighted by Gasteiger charge is 2.44. The van der Waals surface area contributed by atoms with Crippen molar-refractivity contribution in [1.82, 2.24) is 4.90 Å². The molecular formula is C19H25FN2O2. The van der Waals surface area contributed by atoms with Crippen LogP contribution in [0.5, 0.6) is 0 Å². The van der Waals surface area contributed by atoms with Gasteiger partial charge in [0, 0.05) is 19.0 Å². The van der Waals surface area contributed by atoms with Crippen LogP contribution in [0, 0.1) is 11.7 Å². The minimum Gasteiger partial charge on any atom is -0.369 e. The van der Waals surface area contributed by atoms with Gasteiger partial charge in [-0.3, -0.25) is 9.59 Å². The summed E-state index contributed by atoms with van der Waals surface area (Å²) in [7, 11) is 0. The molecule has 1 saturated heterocycles. The molecule has 1 saturated carbocycles. The molecule has 1 aromatic rings. The van der Waals surface area contributed by atoms with Crippen LogP contribution in [-0.2, 0) is 15.0 Å². The molecule has 5 heteroatoms. The predicted molar refractivity (Wildman–Crippen MR) is 89.7 cm³/mol. The number of primary amides is 1. The Balaban J connectivity index is 1.84. The van der Waals surface area contributed by atoms with Gasteiger partial charge in [-0.1, -0.05) is 31.4 Å². The fraction of sp³-hybridized carbons (Fsp3) is 0.579. The van der Waals surface area contributed by atoms with Gasteiger partial charge in [0.1, 0.15) is 5.82 Å². The Morgan fingerprint density at radius 2 is 1.79 bits per heavy atom. The van der Waals surface area contributed by atoms with E-state index in [2.05, 4.69) is 0 Å². The first kappa shape index (κ1) is 16.9. The molecule has 0 spiro atoms. The van der Waals surface area contributed by atoms with Crippen LogP contribution < -0.4 is 5.73 Å². The average molecular weight is 332 g/mol. The van der Waals surface area contributed by atoms with E-state index in [0.29, 0.717) is 25.9 Å². The Morgan fingerprint density at radius 3 is 2.38 bits per heavy atom. The van der Waals surface area contributed by atoms with Gasteiger partial charge < -0.3 is 10.6 Å². The number of likely N-dealkylation sites (tertiary alicyclic amines) is 1. The number of piperidine rings is 1. The first-order valence-corrected chi connectivity index (χ1v) is 8.88. The molecule has 1 aromatic carbocycles. The fourth-order valence-electron chi connectivity index (χ4n) is 4.24. The average Bonchev–Trinajstić information content (AvgIpc) is 2.62. The molecule has 1 aliphatic carbocycles. The normalized spacial score (nSPS) is 21.5. The van der Waals surface area contributed by atoms with E-state index < -0.39 is 5.41 Å². The van der Waals surface area contributed by atoms with Crippen molar-refractivity contribution in [2.24, 2.45) is 11.7 Å². The summed E-state index contributed by atoms with van der Waals surface area (Å²) in [5.41, 5.74) is 5.57. The molecule has 130 valence electrons. The maximum Gasteiger partial charge on any atom is 0.233 e. The molecule has 0 atom stereocenters. The zero-order valence-corrected chi connectivity index (χ0v) is 14.0. The molecule has 1 aliphatic heterocycles. The first-order valence-electron chi connectivity index (χ1n) is 8.88. The summed E-state index contributed by atoms with van der Waals surface area (Å²) in [6, 6.07) is 6.50.